The molecule has 0 aromatic heterocycles. The molecule has 0 radical (unpaired) electrons. The fourth-order valence-corrected chi connectivity index (χ4v) is 3.45. The van der Waals surface area contributed by atoms with Crippen LogP contribution in [0.5, 0.6) is 5.75 Å². The molecule has 1 fully saturated rings. The molecule has 1 saturated heterocycles. The summed E-state index contributed by atoms with van der Waals surface area (Å²) in [5, 5.41) is 0.780. The zero-order valence-electron chi connectivity index (χ0n) is 14.7. The van der Waals surface area contributed by atoms with E-state index in [0.717, 1.165) is 16.5 Å². The van der Waals surface area contributed by atoms with Crippen LogP contribution in [0, 0.1) is 0 Å². The fraction of sp³-hybridized carbons (Fsp3) is 0.368. The number of hydrogen-bond donors (Lipinski definition) is 0. The molecular formula is C19H24N2O2S. The second kappa shape index (κ2) is 8.20. The topological polar surface area (TPSA) is 41.9 Å². The van der Waals surface area contributed by atoms with Gasteiger partial charge in [-0.3, -0.25) is 14.7 Å². The first-order chi connectivity index (χ1) is 11.4. The van der Waals surface area contributed by atoms with E-state index in [-0.39, 0.29) is 18.0 Å². The fourth-order valence-electron chi connectivity index (χ4n) is 2.22. The number of amides is 1. The summed E-state index contributed by atoms with van der Waals surface area (Å²) in [5.74, 6) is 0.801. The minimum atomic E-state index is 0.0152. The summed E-state index contributed by atoms with van der Waals surface area (Å²) in [5.41, 5.74) is 0.964. The Hall–Kier alpha value is -2.01. The van der Waals surface area contributed by atoms with Gasteiger partial charge in [-0.15, -0.1) is 0 Å². The second-order valence-electron chi connectivity index (χ2n) is 6.05. The molecule has 0 saturated carbocycles. The van der Waals surface area contributed by atoms with E-state index < -0.39 is 0 Å². The van der Waals surface area contributed by atoms with Crippen LogP contribution in [0.3, 0.4) is 0 Å². The third-order valence-corrected chi connectivity index (χ3v) is 4.26. The summed E-state index contributed by atoms with van der Waals surface area (Å²) in [6.07, 6.45) is 3.61. The maximum Gasteiger partial charge on any atom is 0.266 e. The van der Waals surface area contributed by atoms with Gasteiger partial charge in [-0.1, -0.05) is 24.8 Å². The molecule has 1 aromatic carbocycles. The summed E-state index contributed by atoms with van der Waals surface area (Å²) in [6, 6.07) is 7.91. The van der Waals surface area contributed by atoms with Gasteiger partial charge in [0, 0.05) is 12.1 Å². The lowest BCUT2D eigenvalue weighted by molar-refractivity contribution is -0.123. The van der Waals surface area contributed by atoms with E-state index in [0.29, 0.717) is 11.5 Å². The van der Waals surface area contributed by atoms with E-state index in [4.69, 9.17) is 4.74 Å². The number of carbonyl (C=O) groups is 1. The van der Waals surface area contributed by atoms with E-state index in [1.54, 1.807) is 11.0 Å². The first kappa shape index (κ1) is 18.3. The quantitative estimate of drug-likeness (QED) is 0.569. The Morgan fingerprint density at radius 3 is 2.46 bits per heavy atom. The Balaban J connectivity index is 2.23. The molecule has 1 aliphatic rings. The SMILES string of the molecule is C=CCOc1ccc(/C=C2/SC(=NC(C)C)N(C(C)C)C2=O)cc1. The Labute approximate surface area is 148 Å². The van der Waals surface area contributed by atoms with Crippen molar-refractivity contribution in [1.29, 1.82) is 0 Å². The van der Waals surface area contributed by atoms with Crippen molar-refractivity contribution >= 4 is 28.9 Å². The normalized spacial score (nSPS) is 18.2. The van der Waals surface area contributed by atoms with Gasteiger partial charge in [0.25, 0.3) is 5.91 Å². The molecule has 5 heteroatoms. The average molecular weight is 344 g/mol. The number of benzene rings is 1. The van der Waals surface area contributed by atoms with E-state index in [1.165, 1.54) is 11.8 Å². The lowest BCUT2D eigenvalue weighted by atomic mass is 10.2. The number of hydrogen-bond acceptors (Lipinski definition) is 4. The number of carbonyl (C=O) groups excluding carboxylic acids is 1. The van der Waals surface area contributed by atoms with Crippen LogP contribution in [0.2, 0.25) is 0 Å². The van der Waals surface area contributed by atoms with Gasteiger partial charge in [-0.05, 0) is 63.2 Å². The summed E-state index contributed by atoms with van der Waals surface area (Å²) in [7, 11) is 0. The molecule has 0 unspecified atom stereocenters. The summed E-state index contributed by atoms with van der Waals surface area (Å²) in [4.78, 5) is 19.7. The number of ether oxygens (including phenoxy) is 1. The minimum absolute atomic E-state index is 0.0152. The van der Waals surface area contributed by atoms with E-state index in [2.05, 4.69) is 11.6 Å². The maximum absolute atomic E-state index is 12.7. The molecule has 0 bridgehead atoms. The number of amidine groups is 1. The van der Waals surface area contributed by atoms with E-state index >= 15 is 0 Å². The second-order valence-corrected chi connectivity index (χ2v) is 7.06. The predicted molar refractivity (Wildman–Crippen MR) is 102 cm³/mol. The Morgan fingerprint density at radius 1 is 1.25 bits per heavy atom. The van der Waals surface area contributed by atoms with Crippen LogP contribution >= 0.6 is 11.8 Å². The molecule has 0 N–H and O–H groups in total. The molecule has 1 amide bonds. The van der Waals surface area contributed by atoms with Crippen LogP contribution in [0.15, 0.2) is 46.8 Å². The molecule has 4 nitrogen and oxygen atoms in total. The zero-order valence-corrected chi connectivity index (χ0v) is 15.5. The highest BCUT2D eigenvalue weighted by molar-refractivity contribution is 8.18. The lowest BCUT2D eigenvalue weighted by Crippen LogP contribution is -2.35. The monoisotopic (exact) mass is 344 g/mol. The van der Waals surface area contributed by atoms with Gasteiger partial charge in [-0.2, -0.15) is 0 Å². The van der Waals surface area contributed by atoms with Gasteiger partial charge < -0.3 is 4.74 Å². The lowest BCUT2D eigenvalue weighted by Gasteiger charge is -2.20. The minimum Gasteiger partial charge on any atom is -0.490 e. The molecule has 2 rings (SSSR count). The summed E-state index contributed by atoms with van der Waals surface area (Å²) >= 11 is 1.44. The first-order valence-electron chi connectivity index (χ1n) is 8.07. The largest absolute Gasteiger partial charge is 0.490 e. The van der Waals surface area contributed by atoms with Crippen LogP contribution in [-0.4, -0.2) is 34.7 Å². The van der Waals surface area contributed by atoms with Crippen LogP contribution in [0.1, 0.15) is 33.3 Å². The van der Waals surface area contributed by atoms with Crippen molar-refractivity contribution in [3.05, 3.63) is 47.4 Å². The van der Waals surface area contributed by atoms with Gasteiger partial charge in [-0.25, -0.2) is 0 Å². The number of nitrogens with zero attached hydrogens (tertiary/aromatic N) is 2. The molecular weight excluding hydrogens is 320 g/mol. The van der Waals surface area contributed by atoms with Crippen LogP contribution in [0.4, 0.5) is 0 Å². The van der Waals surface area contributed by atoms with Gasteiger partial charge in [0.15, 0.2) is 5.17 Å². The van der Waals surface area contributed by atoms with Gasteiger partial charge in [0.2, 0.25) is 0 Å². The molecule has 128 valence electrons. The Bertz CT molecular complexity index is 660. The van der Waals surface area contributed by atoms with Crippen molar-refractivity contribution in [2.75, 3.05) is 6.61 Å². The highest BCUT2D eigenvalue weighted by atomic mass is 32.2. The van der Waals surface area contributed by atoms with Crippen LogP contribution in [-0.2, 0) is 4.79 Å². The molecule has 1 heterocycles. The van der Waals surface area contributed by atoms with E-state index in [9.17, 15) is 4.79 Å². The van der Waals surface area contributed by atoms with Crippen molar-refractivity contribution in [3.8, 4) is 5.75 Å². The van der Waals surface area contributed by atoms with Crippen molar-refractivity contribution in [2.45, 2.75) is 39.8 Å². The summed E-state index contributed by atoms with van der Waals surface area (Å²) in [6.45, 7) is 12.1. The van der Waals surface area contributed by atoms with Crippen LogP contribution in [0.25, 0.3) is 6.08 Å². The third-order valence-electron chi connectivity index (χ3n) is 3.27. The predicted octanol–water partition coefficient (Wildman–Crippen LogP) is 4.34. The Morgan fingerprint density at radius 2 is 1.92 bits per heavy atom. The molecule has 24 heavy (non-hydrogen) atoms. The van der Waals surface area contributed by atoms with Crippen molar-refractivity contribution in [2.24, 2.45) is 4.99 Å². The molecule has 1 aliphatic heterocycles. The highest BCUT2D eigenvalue weighted by Gasteiger charge is 2.35. The molecule has 0 atom stereocenters. The zero-order chi connectivity index (χ0) is 17.7. The summed E-state index contributed by atoms with van der Waals surface area (Å²) < 4.78 is 5.47. The smallest absolute Gasteiger partial charge is 0.266 e. The number of thioether (sulfide) groups is 1. The van der Waals surface area contributed by atoms with Crippen molar-refractivity contribution in [1.82, 2.24) is 4.90 Å². The van der Waals surface area contributed by atoms with Crippen molar-refractivity contribution < 1.29 is 9.53 Å². The number of rotatable bonds is 6. The molecule has 0 aliphatic carbocycles. The standard InChI is InChI=1S/C19H24N2O2S/c1-6-11-23-16-9-7-15(8-10-16)12-17-18(22)21(14(4)5)19(24-17)20-13(2)3/h6-10,12-14H,1,11H2,2-5H3/b17-12+,20-19?. The highest BCUT2D eigenvalue weighted by Crippen LogP contribution is 2.34. The first-order valence-corrected chi connectivity index (χ1v) is 8.88. The van der Waals surface area contributed by atoms with Crippen LogP contribution < -0.4 is 4.74 Å². The molecule has 0 spiro atoms. The van der Waals surface area contributed by atoms with Crippen molar-refractivity contribution in [3.63, 3.8) is 0 Å². The molecule has 1 aromatic rings. The maximum atomic E-state index is 12.7. The number of aliphatic imine (C=N–C) groups is 1. The Kier molecular flexibility index (Phi) is 6.26. The third kappa shape index (κ3) is 4.51. The van der Waals surface area contributed by atoms with E-state index in [1.807, 2.05) is 58.0 Å². The van der Waals surface area contributed by atoms with Gasteiger partial charge in [0.1, 0.15) is 12.4 Å². The van der Waals surface area contributed by atoms with Gasteiger partial charge >= 0.3 is 0 Å². The van der Waals surface area contributed by atoms with Gasteiger partial charge in [0.05, 0.1) is 4.91 Å². The average Bonchev–Trinajstić information content (AvgIpc) is 2.81.